The Kier molecular flexibility index (Phi) is 2.38. The highest BCUT2D eigenvalue weighted by Crippen LogP contribution is 2.39. The molecule has 0 bridgehead atoms. The minimum Gasteiger partial charge on any atom is -0.389 e. The molecule has 1 aliphatic rings. The van der Waals surface area contributed by atoms with Crippen molar-refractivity contribution in [2.24, 2.45) is 0 Å². The maximum absolute atomic E-state index is 12.1. The SMILES string of the molecule is [B]C([B])(O)n1ccc2cc(C3CC3)ncc2c1=O. The van der Waals surface area contributed by atoms with Gasteiger partial charge in [-0.05, 0) is 30.4 Å². The molecule has 1 fully saturated rings. The Hall–Kier alpha value is -1.55. The van der Waals surface area contributed by atoms with Crippen LogP contribution in [-0.2, 0) is 5.52 Å². The number of nitrogens with zero attached hydrogens (tertiary/aromatic N) is 2. The lowest BCUT2D eigenvalue weighted by atomic mass is 9.73. The van der Waals surface area contributed by atoms with Gasteiger partial charge in [0.1, 0.15) is 15.7 Å². The first kappa shape index (κ1) is 11.5. The number of hydrogen-bond acceptors (Lipinski definition) is 3. The molecule has 4 nitrogen and oxygen atoms in total. The molecule has 3 rings (SSSR count). The van der Waals surface area contributed by atoms with Crippen LogP contribution in [0.2, 0.25) is 0 Å². The van der Waals surface area contributed by atoms with E-state index in [-0.39, 0.29) is 0 Å². The molecule has 0 unspecified atom stereocenters. The van der Waals surface area contributed by atoms with E-state index in [0.717, 1.165) is 28.5 Å². The summed E-state index contributed by atoms with van der Waals surface area (Å²) in [5.74, 6) is 0.526. The van der Waals surface area contributed by atoms with Gasteiger partial charge in [0.05, 0.1) is 10.9 Å². The standard InChI is InChI=1S/C12H10B2N2O2/c13-12(14,18)16-4-3-8-5-10(7-1-2-7)15-6-9(8)11(16)17/h3-7,18H,1-2H2. The fraction of sp³-hybridized carbons (Fsp3) is 0.333. The van der Waals surface area contributed by atoms with Gasteiger partial charge in [0, 0.05) is 24.0 Å². The van der Waals surface area contributed by atoms with Crippen LogP contribution in [0.25, 0.3) is 10.8 Å². The zero-order valence-electron chi connectivity index (χ0n) is 9.71. The van der Waals surface area contributed by atoms with Gasteiger partial charge in [0.2, 0.25) is 0 Å². The summed E-state index contributed by atoms with van der Waals surface area (Å²) in [5.41, 5.74) is -1.63. The summed E-state index contributed by atoms with van der Waals surface area (Å²) in [6.45, 7) is 0. The number of fused-ring (bicyclic) bond motifs is 1. The number of aliphatic hydroxyl groups is 1. The van der Waals surface area contributed by atoms with E-state index in [1.165, 1.54) is 12.4 Å². The number of rotatable bonds is 2. The zero-order valence-corrected chi connectivity index (χ0v) is 9.71. The fourth-order valence-electron chi connectivity index (χ4n) is 2.04. The second-order valence-electron chi connectivity index (χ2n) is 4.74. The van der Waals surface area contributed by atoms with Gasteiger partial charge in [-0.1, -0.05) is 0 Å². The molecule has 0 aliphatic heterocycles. The van der Waals surface area contributed by atoms with Gasteiger partial charge in [-0.25, -0.2) is 0 Å². The van der Waals surface area contributed by atoms with Crippen molar-refractivity contribution in [2.75, 3.05) is 0 Å². The number of pyridine rings is 2. The van der Waals surface area contributed by atoms with Crippen molar-refractivity contribution in [1.82, 2.24) is 9.55 Å². The van der Waals surface area contributed by atoms with Crippen LogP contribution in [-0.4, -0.2) is 30.4 Å². The van der Waals surface area contributed by atoms with E-state index in [9.17, 15) is 9.90 Å². The maximum atomic E-state index is 12.1. The number of aromatic nitrogens is 2. The Morgan fingerprint density at radius 2 is 2.17 bits per heavy atom. The van der Waals surface area contributed by atoms with Crippen molar-refractivity contribution < 1.29 is 5.11 Å². The third kappa shape index (κ3) is 1.86. The molecule has 1 saturated carbocycles. The summed E-state index contributed by atoms with van der Waals surface area (Å²) in [5, 5.41) is 10.7. The van der Waals surface area contributed by atoms with Gasteiger partial charge in [-0.15, -0.1) is 0 Å². The van der Waals surface area contributed by atoms with Crippen LogP contribution < -0.4 is 5.56 Å². The quantitative estimate of drug-likeness (QED) is 0.756. The van der Waals surface area contributed by atoms with E-state index in [2.05, 4.69) is 4.98 Å². The Morgan fingerprint density at radius 1 is 1.44 bits per heavy atom. The van der Waals surface area contributed by atoms with Crippen LogP contribution in [0.15, 0.2) is 29.3 Å². The molecule has 4 radical (unpaired) electrons. The Labute approximate surface area is 106 Å². The first-order valence-electron chi connectivity index (χ1n) is 5.79. The predicted molar refractivity (Wildman–Crippen MR) is 69.7 cm³/mol. The number of hydrogen-bond donors (Lipinski definition) is 1. The van der Waals surface area contributed by atoms with Gasteiger partial charge in [0.15, 0.2) is 0 Å². The minimum absolute atomic E-state index is 0.399. The minimum atomic E-state index is -2.19. The van der Waals surface area contributed by atoms with Crippen LogP contribution >= 0.6 is 0 Å². The van der Waals surface area contributed by atoms with Gasteiger partial charge in [-0.2, -0.15) is 0 Å². The molecule has 2 heterocycles. The summed E-state index contributed by atoms with van der Waals surface area (Å²) in [6, 6.07) is 3.61. The molecule has 1 N–H and O–H groups in total. The molecule has 0 atom stereocenters. The summed E-state index contributed by atoms with van der Waals surface area (Å²) in [6.07, 6.45) is 5.22. The summed E-state index contributed by atoms with van der Waals surface area (Å²) in [4.78, 5) is 16.4. The molecule has 2 aromatic heterocycles. The first-order valence-corrected chi connectivity index (χ1v) is 5.79. The highest BCUT2D eigenvalue weighted by atomic mass is 16.3. The fourth-order valence-corrected chi connectivity index (χ4v) is 2.04. The van der Waals surface area contributed by atoms with Crippen molar-refractivity contribution >= 4 is 26.5 Å². The molecular weight excluding hydrogens is 226 g/mol. The molecule has 0 amide bonds. The average Bonchev–Trinajstić information content (AvgIpc) is 3.11. The lowest BCUT2D eigenvalue weighted by Crippen LogP contribution is -2.41. The highest BCUT2D eigenvalue weighted by Gasteiger charge is 2.25. The lowest BCUT2D eigenvalue weighted by molar-refractivity contribution is 0.137. The molecule has 0 saturated heterocycles. The van der Waals surface area contributed by atoms with Gasteiger partial charge < -0.3 is 9.67 Å². The van der Waals surface area contributed by atoms with Gasteiger partial charge in [-0.3, -0.25) is 9.78 Å². The molecule has 0 aromatic carbocycles. The van der Waals surface area contributed by atoms with E-state index in [1.54, 1.807) is 6.07 Å². The first-order chi connectivity index (χ1) is 8.47. The zero-order chi connectivity index (χ0) is 12.9. The van der Waals surface area contributed by atoms with Crippen molar-refractivity contribution in [2.45, 2.75) is 24.3 Å². The van der Waals surface area contributed by atoms with Crippen molar-refractivity contribution in [3.8, 4) is 0 Å². The molecule has 18 heavy (non-hydrogen) atoms. The maximum Gasteiger partial charge on any atom is 0.261 e. The molecule has 1 aliphatic carbocycles. The van der Waals surface area contributed by atoms with Crippen LogP contribution in [0.3, 0.4) is 0 Å². The van der Waals surface area contributed by atoms with Crippen molar-refractivity contribution in [3.05, 3.63) is 40.6 Å². The van der Waals surface area contributed by atoms with Gasteiger partial charge in [0.25, 0.3) is 5.56 Å². The smallest absolute Gasteiger partial charge is 0.261 e. The second-order valence-corrected chi connectivity index (χ2v) is 4.74. The van der Waals surface area contributed by atoms with Crippen LogP contribution in [0, 0.1) is 0 Å². The Bertz CT molecular complexity index is 672. The topological polar surface area (TPSA) is 55.1 Å². The van der Waals surface area contributed by atoms with Gasteiger partial charge >= 0.3 is 0 Å². The van der Waals surface area contributed by atoms with Crippen molar-refractivity contribution in [1.29, 1.82) is 0 Å². The third-order valence-corrected chi connectivity index (χ3v) is 3.19. The highest BCUT2D eigenvalue weighted by molar-refractivity contribution is 6.36. The molecule has 6 heteroatoms. The molecule has 0 spiro atoms. The van der Waals surface area contributed by atoms with Crippen molar-refractivity contribution in [3.63, 3.8) is 0 Å². The molecule has 86 valence electrons. The summed E-state index contributed by atoms with van der Waals surface area (Å²) < 4.78 is 0.883. The van der Waals surface area contributed by atoms with E-state index in [4.69, 9.17) is 15.7 Å². The lowest BCUT2D eigenvalue weighted by Gasteiger charge is -2.22. The average molecular weight is 236 g/mol. The summed E-state index contributed by atoms with van der Waals surface area (Å²) in [7, 11) is 10.6. The second kappa shape index (κ2) is 3.72. The normalized spacial score (nSPS) is 16.1. The monoisotopic (exact) mass is 236 g/mol. The Morgan fingerprint density at radius 3 is 2.78 bits per heavy atom. The predicted octanol–water partition coefficient (Wildman–Crippen LogP) is 0.171. The summed E-state index contributed by atoms with van der Waals surface area (Å²) >= 11 is 0. The molecule has 2 aromatic rings. The van der Waals surface area contributed by atoms with Crippen LogP contribution in [0.1, 0.15) is 24.5 Å². The third-order valence-electron chi connectivity index (χ3n) is 3.19. The van der Waals surface area contributed by atoms with E-state index in [0.29, 0.717) is 11.3 Å². The molecular formula is C12H10B2N2O2. The van der Waals surface area contributed by atoms with E-state index >= 15 is 0 Å². The van der Waals surface area contributed by atoms with E-state index < -0.39 is 11.1 Å². The largest absolute Gasteiger partial charge is 0.389 e. The van der Waals surface area contributed by atoms with Crippen LogP contribution in [0.5, 0.6) is 0 Å². The van der Waals surface area contributed by atoms with Crippen LogP contribution in [0.4, 0.5) is 0 Å². The Balaban J connectivity index is 2.21. The van der Waals surface area contributed by atoms with E-state index in [1.807, 2.05) is 6.07 Å².